The minimum absolute atomic E-state index is 0.0168. The van der Waals surface area contributed by atoms with Gasteiger partial charge in [-0.15, -0.1) is 0 Å². The Morgan fingerprint density at radius 2 is 1.96 bits per heavy atom. The molecule has 1 amide bonds. The fourth-order valence-electron chi connectivity index (χ4n) is 3.92. The third-order valence-corrected chi connectivity index (χ3v) is 7.51. The molecule has 2 fully saturated rings. The number of piperidine rings is 2. The molecule has 0 aromatic carbocycles. The van der Waals surface area contributed by atoms with Crippen LogP contribution in [0.3, 0.4) is 0 Å². The van der Waals surface area contributed by atoms with E-state index in [9.17, 15) is 13.2 Å². The molecular weight excluding hydrogens is 338 g/mol. The number of likely N-dealkylation sites (tertiary alicyclic amines) is 1. The molecule has 0 aromatic rings. The second-order valence-corrected chi connectivity index (χ2v) is 9.63. The van der Waals surface area contributed by atoms with Crippen LogP contribution in [0.4, 0.5) is 0 Å². The van der Waals surface area contributed by atoms with E-state index in [0.717, 1.165) is 25.8 Å². The maximum Gasteiger partial charge on any atom is 0.224 e. The number of carbonyl (C=O) groups is 1. The van der Waals surface area contributed by atoms with Crippen molar-refractivity contribution in [2.45, 2.75) is 64.8 Å². The van der Waals surface area contributed by atoms with Crippen molar-refractivity contribution < 1.29 is 13.2 Å². The van der Waals surface area contributed by atoms with Gasteiger partial charge in [0, 0.05) is 32.2 Å². The molecule has 25 heavy (non-hydrogen) atoms. The highest BCUT2D eigenvalue weighted by molar-refractivity contribution is 7.89. The Labute approximate surface area is 153 Å². The van der Waals surface area contributed by atoms with Crippen LogP contribution in [0.25, 0.3) is 0 Å². The minimum Gasteiger partial charge on any atom is -0.356 e. The molecule has 2 heterocycles. The predicted molar refractivity (Wildman–Crippen MR) is 101 cm³/mol. The number of hydrogen-bond acceptors (Lipinski definition) is 4. The van der Waals surface area contributed by atoms with E-state index in [1.165, 1.54) is 30.1 Å². The van der Waals surface area contributed by atoms with Crippen LogP contribution in [0.1, 0.15) is 58.8 Å². The van der Waals surface area contributed by atoms with Gasteiger partial charge in [-0.05, 0) is 52.0 Å². The zero-order valence-corrected chi connectivity index (χ0v) is 16.7. The van der Waals surface area contributed by atoms with Gasteiger partial charge in [0.2, 0.25) is 15.9 Å². The molecule has 2 saturated heterocycles. The Hall–Kier alpha value is -0.660. The monoisotopic (exact) mass is 373 g/mol. The standard InChI is InChI=1S/C18H35N3O3S/c1-3-14-25(23,24)21-13-6-9-17(15-21)18(22)19-10-7-12-20-11-5-4-8-16(20)2/h16-17H,3-15H2,1-2H3,(H,19,22)/t16-,17+/m1/s1. The molecule has 2 rings (SSSR count). The average molecular weight is 374 g/mol. The number of carbonyl (C=O) groups excluding carboxylic acids is 1. The fourth-order valence-corrected chi connectivity index (χ4v) is 5.51. The predicted octanol–water partition coefficient (Wildman–Crippen LogP) is 1.82. The summed E-state index contributed by atoms with van der Waals surface area (Å²) in [6.45, 7) is 7.93. The van der Waals surface area contributed by atoms with Gasteiger partial charge >= 0.3 is 0 Å². The molecule has 0 aromatic heterocycles. The van der Waals surface area contributed by atoms with Crippen LogP contribution in [0.15, 0.2) is 0 Å². The Morgan fingerprint density at radius 1 is 1.16 bits per heavy atom. The largest absolute Gasteiger partial charge is 0.356 e. The SMILES string of the molecule is CCCS(=O)(=O)N1CCC[C@H](C(=O)NCCCN2CCCC[C@H]2C)C1. The number of nitrogens with zero attached hydrogens (tertiary/aromatic N) is 2. The van der Waals surface area contributed by atoms with E-state index in [1.54, 1.807) is 0 Å². The zero-order valence-electron chi connectivity index (χ0n) is 15.9. The number of amides is 1. The van der Waals surface area contributed by atoms with Gasteiger partial charge < -0.3 is 10.2 Å². The molecule has 0 bridgehead atoms. The number of sulfonamides is 1. The first-order valence-electron chi connectivity index (χ1n) is 9.93. The van der Waals surface area contributed by atoms with E-state index in [1.807, 2.05) is 6.92 Å². The summed E-state index contributed by atoms with van der Waals surface area (Å²) < 4.78 is 25.9. The van der Waals surface area contributed by atoms with Crippen molar-refractivity contribution in [1.82, 2.24) is 14.5 Å². The van der Waals surface area contributed by atoms with Gasteiger partial charge in [0.1, 0.15) is 0 Å². The molecule has 7 heteroatoms. The van der Waals surface area contributed by atoms with Crippen molar-refractivity contribution in [3.8, 4) is 0 Å². The van der Waals surface area contributed by atoms with E-state index < -0.39 is 10.0 Å². The Morgan fingerprint density at radius 3 is 2.68 bits per heavy atom. The lowest BCUT2D eigenvalue weighted by molar-refractivity contribution is -0.126. The molecule has 0 radical (unpaired) electrons. The first kappa shape index (κ1) is 20.6. The minimum atomic E-state index is -3.20. The van der Waals surface area contributed by atoms with Crippen LogP contribution < -0.4 is 5.32 Å². The number of nitrogens with one attached hydrogen (secondary N) is 1. The van der Waals surface area contributed by atoms with E-state index in [2.05, 4.69) is 17.1 Å². The van der Waals surface area contributed by atoms with Crippen LogP contribution in [0.5, 0.6) is 0 Å². The summed E-state index contributed by atoms with van der Waals surface area (Å²) in [4.78, 5) is 14.9. The number of hydrogen-bond donors (Lipinski definition) is 1. The molecule has 0 saturated carbocycles. The van der Waals surface area contributed by atoms with Crippen LogP contribution in [0.2, 0.25) is 0 Å². The highest BCUT2D eigenvalue weighted by Crippen LogP contribution is 2.20. The van der Waals surface area contributed by atoms with E-state index in [0.29, 0.717) is 32.1 Å². The van der Waals surface area contributed by atoms with E-state index in [-0.39, 0.29) is 17.6 Å². The molecule has 6 nitrogen and oxygen atoms in total. The van der Waals surface area contributed by atoms with Crippen LogP contribution in [0, 0.1) is 5.92 Å². The summed E-state index contributed by atoms with van der Waals surface area (Å²) in [7, 11) is -3.20. The molecule has 2 atom stereocenters. The van der Waals surface area contributed by atoms with Crippen molar-refractivity contribution in [1.29, 1.82) is 0 Å². The Bertz CT molecular complexity index is 524. The van der Waals surface area contributed by atoms with Crippen molar-refractivity contribution >= 4 is 15.9 Å². The summed E-state index contributed by atoms with van der Waals surface area (Å²) in [6, 6.07) is 0.653. The highest BCUT2D eigenvalue weighted by atomic mass is 32.2. The molecule has 146 valence electrons. The summed E-state index contributed by atoms with van der Waals surface area (Å²) in [5.41, 5.74) is 0. The summed E-state index contributed by atoms with van der Waals surface area (Å²) >= 11 is 0. The summed E-state index contributed by atoms with van der Waals surface area (Å²) in [5.74, 6) is -0.00703. The van der Waals surface area contributed by atoms with E-state index >= 15 is 0 Å². The zero-order chi connectivity index (χ0) is 18.3. The van der Waals surface area contributed by atoms with Gasteiger partial charge in [0.25, 0.3) is 0 Å². The average Bonchev–Trinajstić information content (AvgIpc) is 2.60. The second-order valence-electron chi connectivity index (χ2n) is 7.54. The Balaban J connectivity index is 1.71. The third kappa shape index (κ3) is 6.22. The highest BCUT2D eigenvalue weighted by Gasteiger charge is 2.31. The topological polar surface area (TPSA) is 69.7 Å². The van der Waals surface area contributed by atoms with Gasteiger partial charge in [-0.1, -0.05) is 13.3 Å². The summed E-state index contributed by atoms with van der Waals surface area (Å²) in [5, 5.41) is 3.02. The molecule has 0 spiro atoms. The third-order valence-electron chi connectivity index (χ3n) is 5.47. The number of rotatable bonds is 8. The normalized spacial score (nSPS) is 26.5. The van der Waals surface area contributed by atoms with Gasteiger partial charge in [-0.25, -0.2) is 12.7 Å². The van der Waals surface area contributed by atoms with Crippen molar-refractivity contribution in [3.63, 3.8) is 0 Å². The molecule has 2 aliphatic heterocycles. The van der Waals surface area contributed by atoms with Crippen LogP contribution >= 0.6 is 0 Å². The first-order chi connectivity index (χ1) is 11.9. The fraction of sp³-hybridized carbons (Fsp3) is 0.944. The Kier molecular flexibility index (Phi) is 8.16. The van der Waals surface area contributed by atoms with Crippen LogP contribution in [-0.4, -0.2) is 68.0 Å². The smallest absolute Gasteiger partial charge is 0.224 e. The summed E-state index contributed by atoms with van der Waals surface area (Å²) in [6.07, 6.45) is 7.01. The van der Waals surface area contributed by atoms with Crippen molar-refractivity contribution in [2.24, 2.45) is 5.92 Å². The van der Waals surface area contributed by atoms with Crippen molar-refractivity contribution in [3.05, 3.63) is 0 Å². The molecule has 0 aliphatic carbocycles. The lowest BCUT2D eigenvalue weighted by atomic mass is 9.99. The maximum absolute atomic E-state index is 12.4. The lowest BCUT2D eigenvalue weighted by Crippen LogP contribution is -2.46. The maximum atomic E-state index is 12.4. The molecule has 0 unspecified atom stereocenters. The molecule has 2 aliphatic rings. The molecule has 1 N–H and O–H groups in total. The first-order valence-corrected chi connectivity index (χ1v) is 11.5. The van der Waals surface area contributed by atoms with Crippen molar-refractivity contribution in [2.75, 3.05) is 38.5 Å². The molecular formula is C18H35N3O3S. The van der Waals surface area contributed by atoms with Gasteiger partial charge in [-0.3, -0.25) is 4.79 Å². The lowest BCUT2D eigenvalue weighted by Gasteiger charge is -2.33. The quantitative estimate of drug-likeness (QED) is 0.659. The van der Waals surface area contributed by atoms with Crippen LogP contribution in [-0.2, 0) is 14.8 Å². The second kappa shape index (κ2) is 9.88. The van der Waals surface area contributed by atoms with E-state index in [4.69, 9.17) is 0 Å². The van der Waals surface area contributed by atoms with Gasteiger partial charge in [0.15, 0.2) is 0 Å². The van der Waals surface area contributed by atoms with Gasteiger partial charge in [0.05, 0.1) is 11.7 Å². The van der Waals surface area contributed by atoms with Gasteiger partial charge in [-0.2, -0.15) is 0 Å².